The first-order valence-electron chi connectivity index (χ1n) is 3.88. The van der Waals surface area contributed by atoms with Crippen LogP contribution in [-0.4, -0.2) is 64.0 Å². The Balaban J connectivity index is 4.38. The number of aldehydes is 1. The first kappa shape index (κ1) is 13.8. The molecule has 0 saturated carbocycles. The summed E-state index contributed by atoms with van der Waals surface area (Å²) in [6.07, 6.45) is -4.11. The molecule has 0 aromatic heterocycles. The topological polar surface area (TPSA) is 107 Å². The van der Waals surface area contributed by atoms with Gasteiger partial charge in [0.25, 0.3) is 0 Å². The second kappa shape index (κ2) is 7.16. The average Bonchev–Trinajstić information content (AvgIpc) is 2.22. The number of carbonyl (C=O) groups excluding carboxylic acids is 1. The summed E-state index contributed by atoms with van der Waals surface area (Å²) in [6.45, 7) is -0.631. The molecule has 0 bridgehead atoms. The minimum atomic E-state index is -1.65. The Bertz CT molecular complexity index is 166. The van der Waals surface area contributed by atoms with Gasteiger partial charge in [0.1, 0.15) is 24.4 Å². The van der Waals surface area contributed by atoms with Gasteiger partial charge in [-0.25, -0.2) is 0 Å². The van der Waals surface area contributed by atoms with Crippen molar-refractivity contribution in [1.82, 2.24) is 0 Å². The van der Waals surface area contributed by atoms with Gasteiger partial charge in [-0.3, -0.25) is 0 Å². The SMILES string of the molecule is CSO[C@@H]([C@H](O)[C@H](O)C=O)[C@H](O)CO. The van der Waals surface area contributed by atoms with E-state index < -0.39 is 31.0 Å². The Morgan fingerprint density at radius 2 is 2.00 bits per heavy atom. The highest BCUT2D eigenvalue weighted by Gasteiger charge is 2.32. The van der Waals surface area contributed by atoms with E-state index >= 15 is 0 Å². The van der Waals surface area contributed by atoms with Crippen LogP contribution >= 0.6 is 12.0 Å². The van der Waals surface area contributed by atoms with Gasteiger partial charge in [0.05, 0.1) is 6.61 Å². The van der Waals surface area contributed by atoms with Gasteiger partial charge in [-0.05, 0) is 12.0 Å². The van der Waals surface area contributed by atoms with Crippen LogP contribution in [0, 0.1) is 0 Å². The van der Waals surface area contributed by atoms with Gasteiger partial charge in [0.2, 0.25) is 0 Å². The molecule has 0 amide bonds. The fourth-order valence-corrected chi connectivity index (χ4v) is 1.30. The van der Waals surface area contributed by atoms with Crippen LogP contribution in [0.25, 0.3) is 0 Å². The van der Waals surface area contributed by atoms with Crippen molar-refractivity contribution in [3.05, 3.63) is 0 Å². The standard InChI is InChI=1S/C7H14O6S/c1-14-13-7(5(11)3-9)6(12)4(10)2-8/h2,4-7,9-12H,3H2,1H3/t4-,5-,6-,7-/m1/s1. The van der Waals surface area contributed by atoms with Gasteiger partial charge in [0, 0.05) is 6.26 Å². The summed E-state index contributed by atoms with van der Waals surface area (Å²) in [5, 5.41) is 36.1. The number of carbonyl (C=O) groups is 1. The maximum absolute atomic E-state index is 10.1. The molecule has 0 fully saturated rings. The predicted octanol–water partition coefficient (Wildman–Crippen LogP) is -2.08. The predicted molar refractivity (Wildman–Crippen MR) is 49.6 cm³/mol. The van der Waals surface area contributed by atoms with Crippen LogP contribution in [0.1, 0.15) is 0 Å². The summed E-state index contributed by atoms with van der Waals surface area (Å²) in [4.78, 5) is 10.1. The summed E-state index contributed by atoms with van der Waals surface area (Å²) < 4.78 is 4.82. The molecule has 0 rings (SSSR count). The van der Waals surface area contributed by atoms with Crippen molar-refractivity contribution in [2.24, 2.45) is 0 Å². The Hall–Kier alpha value is -0.180. The molecule has 0 aliphatic rings. The lowest BCUT2D eigenvalue weighted by molar-refractivity contribution is -0.131. The molecule has 0 heterocycles. The van der Waals surface area contributed by atoms with E-state index in [9.17, 15) is 15.0 Å². The molecular weight excluding hydrogens is 212 g/mol. The highest BCUT2D eigenvalue weighted by atomic mass is 32.2. The minimum absolute atomic E-state index is 0.130. The summed E-state index contributed by atoms with van der Waals surface area (Å²) in [6, 6.07) is 0. The molecule has 14 heavy (non-hydrogen) atoms. The molecule has 0 aromatic carbocycles. The zero-order chi connectivity index (χ0) is 11.1. The normalized spacial score (nSPS) is 19.8. The van der Waals surface area contributed by atoms with Gasteiger partial charge in [-0.2, -0.15) is 0 Å². The third-order valence-corrected chi connectivity index (χ3v) is 2.01. The van der Waals surface area contributed by atoms with Crippen molar-refractivity contribution >= 4 is 18.3 Å². The van der Waals surface area contributed by atoms with Crippen molar-refractivity contribution in [1.29, 1.82) is 0 Å². The lowest BCUT2D eigenvalue weighted by Crippen LogP contribution is -2.47. The first-order valence-corrected chi connectivity index (χ1v) is 5.03. The molecule has 7 heteroatoms. The van der Waals surface area contributed by atoms with Gasteiger partial charge in [-0.15, -0.1) is 0 Å². The quantitative estimate of drug-likeness (QED) is 0.291. The third kappa shape index (κ3) is 3.91. The van der Waals surface area contributed by atoms with E-state index in [-0.39, 0.29) is 6.29 Å². The second-order valence-electron chi connectivity index (χ2n) is 2.59. The lowest BCUT2D eigenvalue weighted by Gasteiger charge is -2.26. The second-order valence-corrected chi connectivity index (χ2v) is 3.12. The van der Waals surface area contributed by atoms with Crippen LogP contribution in [0.2, 0.25) is 0 Å². The number of hydrogen-bond acceptors (Lipinski definition) is 7. The Labute approximate surface area is 85.7 Å². The Kier molecular flexibility index (Phi) is 7.06. The zero-order valence-electron chi connectivity index (χ0n) is 7.61. The van der Waals surface area contributed by atoms with E-state index in [1.165, 1.54) is 6.26 Å². The molecule has 84 valence electrons. The smallest absolute Gasteiger partial charge is 0.151 e. The maximum atomic E-state index is 10.1. The van der Waals surface area contributed by atoms with E-state index in [1.54, 1.807) is 0 Å². The van der Waals surface area contributed by atoms with Crippen LogP contribution in [0.15, 0.2) is 0 Å². The van der Waals surface area contributed by atoms with E-state index in [0.717, 1.165) is 12.0 Å². The minimum Gasteiger partial charge on any atom is -0.394 e. The van der Waals surface area contributed by atoms with Gasteiger partial charge < -0.3 is 29.4 Å². The van der Waals surface area contributed by atoms with Crippen molar-refractivity contribution in [3.63, 3.8) is 0 Å². The summed E-state index contributed by atoms with van der Waals surface area (Å²) in [5.41, 5.74) is 0. The molecule has 0 aliphatic heterocycles. The molecular formula is C7H14O6S. The maximum Gasteiger partial charge on any atom is 0.151 e. The van der Waals surface area contributed by atoms with Gasteiger partial charge >= 0.3 is 0 Å². The Morgan fingerprint density at radius 3 is 2.36 bits per heavy atom. The number of aliphatic hydroxyl groups excluding tert-OH is 4. The monoisotopic (exact) mass is 226 g/mol. The van der Waals surface area contributed by atoms with Crippen molar-refractivity contribution in [2.75, 3.05) is 12.9 Å². The summed E-state index contributed by atoms with van der Waals surface area (Å²) in [7, 11) is 0. The summed E-state index contributed by atoms with van der Waals surface area (Å²) >= 11 is 0.852. The van der Waals surface area contributed by atoms with Crippen molar-refractivity contribution in [2.45, 2.75) is 24.4 Å². The Morgan fingerprint density at radius 1 is 1.43 bits per heavy atom. The van der Waals surface area contributed by atoms with E-state index in [1.807, 2.05) is 0 Å². The van der Waals surface area contributed by atoms with Gasteiger partial charge in [0.15, 0.2) is 6.29 Å². The fourth-order valence-electron chi connectivity index (χ4n) is 0.838. The number of aliphatic hydroxyl groups is 4. The van der Waals surface area contributed by atoms with Crippen molar-refractivity contribution < 1.29 is 29.4 Å². The van der Waals surface area contributed by atoms with E-state index in [2.05, 4.69) is 0 Å². The van der Waals surface area contributed by atoms with Crippen LogP contribution in [0.5, 0.6) is 0 Å². The molecule has 4 N–H and O–H groups in total. The lowest BCUT2D eigenvalue weighted by atomic mass is 10.0. The van der Waals surface area contributed by atoms with E-state index in [0.29, 0.717) is 0 Å². The molecule has 0 radical (unpaired) electrons. The van der Waals surface area contributed by atoms with Crippen LogP contribution < -0.4 is 0 Å². The molecule has 0 unspecified atom stereocenters. The molecule has 0 aromatic rings. The summed E-state index contributed by atoms with van der Waals surface area (Å²) in [5.74, 6) is 0. The highest BCUT2D eigenvalue weighted by Crippen LogP contribution is 2.13. The first-order chi connectivity index (χ1) is 6.58. The van der Waals surface area contributed by atoms with Crippen molar-refractivity contribution in [3.8, 4) is 0 Å². The third-order valence-electron chi connectivity index (χ3n) is 1.60. The number of hydrogen-bond donors (Lipinski definition) is 4. The van der Waals surface area contributed by atoms with Crippen LogP contribution in [0.3, 0.4) is 0 Å². The fraction of sp³-hybridized carbons (Fsp3) is 0.857. The molecule has 4 atom stereocenters. The highest BCUT2D eigenvalue weighted by molar-refractivity contribution is 7.93. The van der Waals surface area contributed by atoms with Crippen LogP contribution in [-0.2, 0) is 8.98 Å². The average molecular weight is 226 g/mol. The molecule has 0 spiro atoms. The molecule has 0 aliphatic carbocycles. The van der Waals surface area contributed by atoms with Gasteiger partial charge in [-0.1, -0.05) is 0 Å². The molecule has 6 nitrogen and oxygen atoms in total. The van der Waals surface area contributed by atoms with E-state index in [4.69, 9.17) is 14.4 Å². The zero-order valence-corrected chi connectivity index (χ0v) is 8.42. The number of rotatable bonds is 7. The largest absolute Gasteiger partial charge is 0.394 e. The molecule has 0 saturated heterocycles. The van der Waals surface area contributed by atoms with Crippen LogP contribution in [0.4, 0.5) is 0 Å².